The number of hydrogen-bond acceptors (Lipinski definition) is 2. The van der Waals surface area contributed by atoms with Crippen LogP contribution in [0.2, 0.25) is 0 Å². The molecule has 13 heavy (non-hydrogen) atoms. The summed E-state index contributed by atoms with van der Waals surface area (Å²) in [7, 11) is 1.55. The topological polar surface area (TPSA) is 59.3 Å². The minimum absolute atomic E-state index is 0.160. The van der Waals surface area contributed by atoms with Crippen LogP contribution in [0.25, 0.3) is 0 Å². The second-order valence-electron chi connectivity index (χ2n) is 2.60. The molecule has 0 atom stereocenters. The SMILES string of the molecule is Cn1c(CC(=O)O)c(Br)ccc1=O. The van der Waals surface area contributed by atoms with Gasteiger partial charge in [-0.25, -0.2) is 0 Å². The molecule has 0 amide bonds. The summed E-state index contributed by atoms with van der Waals surface area (Å²) < 4.78 is 1.95. The van der Waals surface area contributed by atoms with Crippen LogP contribution in [0.5, 0.6) is 0 Å². The van der Waals surface area contributed by atoms with Gasteiger partial charge in [0.1, 0.15) is 0 Å². The van der Waals surface area contributed by atoms with Crippen molar-refractivity contribution in [3.63, 3.8) is 0 Å². The lowest BCUT2D eigenvalue weighted by atomic mass is 10.2. The molecule has 1 aromatic rings. The van der Waals surface area contributed by atoms with E-state index in [0.29, 0.717) is 10.2 Å². The number of pyridine rings is 1. The summed E-state index contributed by atoms with van der Waals surface area (Å²) in [4.78, 5) is 21.6. The maximum atomic E-state index is 11.1. The summed E-state index contributed by atoms with van der Waals surface area (Å²) in [5.41, 5.74) is 0.263. The van der Waals surface area contributed by atoms with Crippen LogP contribution in [0.1, 0.15) is 5.69 Å². The number of rotatable bonds is 2. The van der Waals surface area contributed by atoms with Crippen LogP contribution >= 0.6 is 15.9 Å². The Morgan fingerprint density at radius 2 is 2.23 bits per heavy atom. The van der Waals surface area contributed by atoms with Gasteiger partial charge in [-0.05, 0) is 22.0 Å². The zero-order chi connectivity index (χ0) is 10.0. The fraction of sp³-hybridized carbons (Fsp3) is 0.250. The van der Waals surface area contributed by atoms with E-state index in [0.717, 1.165) is 0 Å². The molecule has 0 saturated heterocycles. The van der Waals surface area contributed by atoms with Crippen molar-refractivity contribution in [1.29, 1.82) is 0 Å². The third-order valence-electron chi connectivity index (χ3n) is 1.70. The van der Waals surface area contributed by atoms with E-state index in [2.05, 4.69) is 15.9 Å². The minimum atomic E-state index is -0.957. The molecule has 0 aliphatic carbocycles. The summed E-state index contributed by atoms with van der Waals surface area (Å²) in [6, 6.07) is 2.94. The number of hydrogen-bond donors (Lipinski definition) is 1. The summed E-state index contributed by atoms with van der Waals surface area (Å²) in [5.74, 6) is -0.957. The predicted octanol–water partition coefficient (Wildman–Crippen LogP) is 0.775. The lowest BCUT2D eigenvalue weighted by Crippen LogP contribution is -2.21. The average molecular weight is 246 g/mol. The maximum absolute atomic E-state index is 11.1. The first-order valence-corrected chi connectivity index (χ1v) is 4.38. The van der Waals surface area contributed by atoms with Gasteiger partial charge >= 0.3 is 5.97 Å². The molecule has 0 radical (unpaired) electrons. The van der Waals surface area contributed by atoms with Crippen LogP contribution in [-0.4, -0.2) is 15.6 Å². The highest BCUT2D eigenvalue weighted by Gasteiger charge is 2.08. The summed E-state index contributed by atoms with van der Waals surface area (Å²) in [6.07, 6.45) is -0.160. The van der Waals surface area contributed by atoms with E-state index in [1.54, 1.807) is 13.1 Å². The molecule has 0 spiro atoms. The van der Waals surface area contributed by atoms with Crippen molar-refractivity contribution in [3.8, 4) is 0 Å². The molecule has 0 bridgehead atoms. The van der Waals surface area contributed by atoms with Crippen molar-refractivity contribution in [3.05, 3.63) is 32.7 Å². The Kier molecular flexibility index (Phi) is 2.87. The van der Waals surface area contributed by atoms with Crippen molar-refractivity contribution in [2.24, 2.45) is 7.05 Å². The number of carbonyl (C=O) groups is 1. The molecular formula is C8H8BrNO3. The van der Waals surface area contributed by atoms with E-state index in [1.807, 2.05) is 0 Å². The molecule has 0 aromatic carbocycles. The molecule has 1 rings (SSSR count). The van der Waals surface area contributed by atoms with E-state index in [9.17, 15) is 9.59 Å². The van der Waals surface area contributed by atoms with Crippen LogP contribution < -0.4 is 5.56 Å². The van der Waals surface area contributed by atoms with Crippen molar-refractivity contribution >= 4 is 21.9 Å². The van der Waals surface area contributed by atoms with Crippen LogP contribution in [0.3, 0.4) is 0 Å². The molecule has 1 aromatic heterocycles. The number of nitrogens with zero attached hydrogens (tertiary/aromatic N) is 1. The Morgan fingerprint density at radius 1 is 1.62 bits per heavy atom. The van der Waals surface area contributed by atoms with Gasteiger partial charge in [-0.15, -0.1) is 0 Å². The Bertz CT molecular complexity index is 397. The normalized spacial score (nSPS) is 10.0. The van der Waals surface area contributed by atoms with Gasteiger partial charge in [0.2, 0.25) is 0 Å². The van der Waals surface area contributed by atoms with E-state index in [-0.39, 0.29) is 12.0 Å². The molecule has 1 N–H and O–H groups in total. The molecule has 1 heterocycles. The molecule has 0 aliphatic heterocycles. The Hall–Kier alpha value is -1.10. The fourth-order valence-corrected chi connectivity index (χ4v) is 1.53. The first kappa shape index (κ1) is 9.98. The van der Waals surface area contributed by atoms with Gasteiger partial charge in [-0.1, -0.05) is 0 Å². The van der Waals surface area contributed by atoms with Crippen LogP contribution in [-0.2, 0) is 18.3 Å². The lowest BCUT2D eigenvalue weighted by Gasteiger charge is -2.06. The second kappa shape index (κ2) is 3.74. The van der Waals surface area contributed by atoms with Gasteiger partial charge in [0.05, 0.1) is 6.42 Å². The number of carboxylic acid groups (broad SMARTS) is 1. The summed E-state index contributed by atoms with van der Waals surface area (Å²) >= 11 is 3.19. The molecule has 0 unspecified atom stereocenters. The number of carboxylic acids is 1. The highest BCUT2D eigenvalue weighted by atomic mass is 79.9. The standard InChI is InChI=1S/C8H8BrNO3/c1-10-6(4-8(12)13)5(9)2-3-7(10)11/h2-3H,4H2,1H3,(H,12,13). The first-order valence-electron chi connectivity index (χ1n) is 3.58. The Morgan fingerprint density at radius 3 is 2.77 bits per heavy atom. The average Bonchev–Trinajstić information content (AvgIpc) is 2.05. The molecule has 0 saturated carbocycles. The molecule has 4 nitrogen and oxygen atoms in total. The summed E-state index contributed by atoms with van der Waals surface area (Å²) in [6.45, 7) is 0. The molecule has 0 fully saturated rings. The van der Waals surface area contributed by atoms with E-state index in [1.165, 1.54) is 10.6 Å². The fourth-order valence-electron chi connectivity index (χ4n) is 0.992. The third kappa shape index (κ3) is 2.18. The van der Waals surface area contributed by atoms with E-state index in [4.69, 9.17) is 5.11 Å². The van der Waals surface area contributed by atoms with Crippen molar-refractivity contribution in [2.45, 2.75) is 6.42 Å². The van der Waals surface area contributed by atoms with Crippen LogP contribution in [0, 0.1) is 0 Å². The second-order valence-corrected chi connectivity index (χ2v) is 3.45. The van der Waals surface area contributed by atoms with Crippen LogP contribution in [0.15, 0.2) is 21.4 Å². The predicted molar refractivity (Wildman–Crippen MR) is 50.7 cm³/mol. The zero-order valence-corrected chi connectivity index (χ0v) is 8.54. The number of aliphatic carboxylic acids is 1. The minimum Gasteiger partial charge on any atom is -0.481 e. The number of halogens is 1. The van der Waals surface area contributed by atoms with Gasteiger partial charge < -0.3 is 9.67 Å². The highest BCUT2D eigenvalue weighted by molar-refractivity contribution is 9.10. The molecule has 0 aliphatic rings. The van der Waals surface area contributed by atoms with Gasteiger partial charge in [0, 0.05) is 23.3 Å². The van der Waals surface area contributed by atoms with E-state index >= 15 is 0 Å². The summed E-state index contributed by atoms with van der Waals surface area (Å²) in [5, 5.41) is 8.57. The monoisotopic (exact) mass is 245 g/mol. The van der Waals surface area contributed by atoms with Gasteiger partial charge in [0.25, 0.3) is 5.56 Å². The third-order valence-corrected chi connectivity index (χ3v) is 2.42. The largest absolute Gasteiger partial charge is 0.481 e. The first-order chi connectivity index (χ1) is 6.02. The number of aromatic nitrogens is 1. The van der Waals surface area contributed by atoms with Crippen molar-refractivity contribution in [2.75, 3.05) is 0 Å². The Labute approximate surface area is 82.9 Å². The quantitative estimate of drug-likeness (QED) is 0.838. The molecule has 5 heteroatoms. The highest BCUT2D eigenvalue weighted by Crippen LogP contribution is 2.13. The van der Waals surface area contributed by atoms with E-state index < -0.39 is 5.97 Å². The van der Waals surface area contributed by atoms with Crippen molar-refractivity contribution in [1.82, 2.24) is 4.57 Å². The van der Waals surface area contributed by atoms with Gasteiger partial charge in [0.15, 0.2) is 0 Å². The maximum Gasteiger partial charge on any atom is 0.309 e. The van der Waals surface area contributed by atoms with Crippen molar-refractivity contribution < 1.29 is 9.90 Å². The Balaban J connectivity index is 3.25. The molecular weight excluding hydrogens is 238 g/mol. The van der Waals surface area contributed by atoms with Crippen LogP contribution in [0.4, 0.5) is 0 Å². The lowest BCUT2D eigenvalue weighted by molar-refractivity contribution is -0.136. The van der Waals surface area contributed by atoms with Gasteiger partial charge in [-0.2, -0.15) is 0 Å². The zero-order valence-electron chi connectivity index (χ0n) is 6.95. The smallest absolute Gasteiger partial charge is 0.309 e. The van der Waals surface area contributed by atoms with Gasteiger partial charge in [-0.3, -0.25) is 9.59 Å². The molecule has 70 valence electrons.